The lowest BCUT2D eigenvalue weighted by Crippen LogP contribution is -2.28. The van der Waals surface area contributed by atoms with Crippen LogP contribution >= 0.6 is 0 Å². The van der Waals surface area contributed by atoms with Crippen LogP contribution in [0.1, 0.15) is 20.3 Å². The Kier molecular flexibility index (Phi) is 5.13. The number of nitrogens with one attached hydrogen (secondary N) is 1. The van der Waals surface area contributed by atoms with Crippen molar-refractivity contribution >= 4 is 15.7 Å². The topological polar surface area (TPSA) is 81.4 Å². The fourth-order valence-electron chi connectivity index (χ4n) is 1.44. The predicted molar refractivity (Wildman–Crippen MR) is 72.0 cm³/mol. The molecule has 1 aromatic carbocycles. The van der Waals surface area contributed by atoms with Crippen LogP contribution in [0.2, 0.25) is 0 Å². The first kappa shape index (κ1) is 15.7. The molecule has 0 bridgehead atoms. The van der Waals surface area contributed by atoms with Gasteiger partial charge in [0.05, 0.1) is 17.7 Å². The van der Waals surface area contributed by atoms with Gasteiger partial charge in [0, 0.05) is 6.54 Å². The molecule has 5 nitrogen and oxygen atoms in total. The van der Waals surface area contributed by atoms with Gasteiger partial charge in [-0.15, -0.1) is 0 Å². The zero-order valence-electron chi connectivity index (χ0n) is 11.2. The molecule has 0 aromatic heterocycles. The molecule has 0 aliphatic heterocycles. The van der Waals surface area contributed by atoms with Crippen molar-refractivity contribution in [3.63, 3.8) is 0 Å². The summed E-state index contributed by atoms with van der Waals surface area (Å²) in [6.45, 7) is 4.18. The average Bonchev–Trinajstić information content (AvgIpc) is 2.35. The molecule has 0 aliphatic carbocycles. The van der Waals surface area contributed by atoms with Crippen molar-refractivity contribution in [2.75, 3.05) is 19.4 Å². The number of hydrogen-bond acceptors (Lipinski definition) is 4. The SMILES string of the molecule is CCC(C)CNS(=O)(=O)c1cc(N)c(OC)c(F)c1. The molecule has 0 amide bonds. The number of nitrogens with two attached hydrogens (primary N) is 1. The van der Waals surface area contributed by atoms with E-state index in [9.17, 15) is 12.8 Å². The molecule has 0 aliphatic rings. The summed E-state index contributed by atoms with van der Waals surface area (Å²) < 4.78 is 44.7. The summed E-state index contributed by atoms with van der Waals surface area (Å²) in [5.41, 5.74) is 5.50. The lowest BCUT2D eigenvalue weighted by atomic mass is 10.1. The summed E-state index contributed by atoms with van der Waals surface area (Å²) in [5, 5.41) is 0. The van der Waals surface area contributed by atoms with Crippen LogP contribution < -0.4 is 15.2 Å². The third kappa shape index (κ3) is 3.81. The second-order valence-corrected chi connectivity index (χ2v) is 6.16. The average molecular weight is 290 g/mol. The minimum atomic E-state index is -3.76. The zero-order chi connectivity index (χ0) is 14.6. The summed E-state index contributed by atoms with van der Waals surface area (Å²) in [6.07, 6.45) is 0.849. The quantitative estimate of drug-likeness (QED) is 0.782. The molecule has 1 unspecified atom stereocenters. The third-order valence-corrected chi connectivity index (χ3v) is 4.28. The Bertz CT molecular complexity index is 523. The Morgan fingerprint density at radius 2 is 2.11 bits per heavy atom. The summed E-state index contributed by atoms with van der Waals surface area (Å²) in [5.74, 6) is -0.748. The first-order valence-corrected chi connectivity index (χ1v) is 7.42. The van der Waals surface area contributed by atoms with Crippen molar-refractivity contribution in [1.29, 1.82) is 0 Å². The molecule has 1 rings (SSSR count). The number of anilines is 1. The van der Waals surface area contributed by atoms with Crippen molar-refractivity contribution in [2.24, 2.45) is 5.92 Å². The fourth-order valence-corrected chi connectivity index (χ4v) is 2.65. The monoisotopic (exact) mass is 290 g/mol. The van der Waals surface area contributed by atoms with Crippen molar-refractivity contribution < 1.29 is 17.5 Å². The first-order chi connectivity index (χ1) is 8.81. The highest BCUT2D eigenvalue weighted by Crippen LogP contribution is 2.28. The van der Waals surface area contributed by atoms with Crippen LogP contribution in [-0.2, 0) is 10.0 Å². The van der Waals surface area contributed by atoms with E-state index in [0.717, 1.165) is 12.5 Å². The molecule has 1 aromatic rings. The van der Waals surface area contributed by atoms with Crippen LogP contribution in [-0.4, -0.2) is 22.1 Å². The van der Waals surface area contributed by atoms with E-state index < -0.39 is 15.8 Å². The van der Waals surface area contributed by atoms with E-state index in [1.165, 1.54) is 13.2 Å². The Labute approximate surface area is 113 Å². The number of ether oxygens (including phenoxy) is 1. The van der Waals surface area contributed by atoms with Crippen LogP contribution in [0.15, 0.2) is 17.0 Å². The lowest BCUT2D eigenvalue weighted by molar-refractivity contribution is 0.388. The maximum atomic E-state index is 13.6. The third-order valence-electron chi connectivity index (χ3n) is 2.88. The Balaban J connectivity index is 3.02. The molecule has 19 heavy (non-hydrogen) atoms. The van der Waals surface area contributed by atoms with Gasteiger partial charge < -0.3 is 10.5 Å². The molecule has 0 radical (unpaired) electrons. The Hall–Kier alpha value is -1.34. The Morgan fingerprint density at radius 3 is 2.58 bits per heavy atom. The van der Waals surface area contributed by atoms with Crippen molar-refractivity contribution in [2.45, 2.75) is 25.2 Å². The number of nitrogen functional groups attached to an aromatic ring is 1. The molecule has 0 heterocycles. The van der Waals surface area contributed by atoms with Gasteiger partial charge in [-0.3, -0.25) is 0 Å². The minimum Gasteiger partial charge on any atom is -0.492 e. The first-order valence-electron chi connectivity index (χ1n) is 5.94. The van der Waals surface area contributed by atoms with Gasteiger partial charge in [0.25, 0.3) is 0 Å². The largest absolute Gasteiger partial charge is 0.492 e. The van der Waals surface area contributed by atoms with Gasteiger partial charge in [0.1, 0.15) is 0 Å². The van der Waals surface area contributed by atoms with Gasteiger partial charge >= 0.3 is 0 Å². The number of hydrogen-bond donors (Lipinski definition) is 2. The predicted octanol–water partition coefficient (Wildman–Crippen LogP) is 1.74. The molecule has 0 saturated carbocycles. The number of halogens is 1. The van der Waals surface area contributed by atoms with Crippen LogP contribution in [0.3, 0.4) is 0 Å². The molecule has 0 fully saturated rings. The van der Waals surface area contributed by atoms with Crippen LogP contribution in [0.25, 0.3) is 0 Å². The standard InChI is InChI=1S/C12H19FN2O3S/c1-4-8(2)7-15-19(16,17)9-5-10(13)12(18-3)11(14)6-9/h5-6,8,15H,4,7,14H2,1-3H3. The number of rotatable bonds is 6. The van der Waals surface area contributed by atoms with Gasteiger partial charge in [0.2, 0.25) is 10.0 Å². The van der Waals surface area contributed by atoms with Gasteiger partial charge in [-0.2, -0.15) is 0 Å². The van der Waals surface area contributed by atoms with Crippen molar-refractivity contribution in [3.05, 3.63) is 17.9 Å². The van der Waals surface area contributed by atoms with E-state index in [-0.39, 0.29) is 22.3 Å². The van der Waals surface area contributed by atoms with Crippen molar-refractivity contribution in [3.8, 4) is 5.75 Å². The highest BCUT2D eigenvalue weighted by Gasteiger charge is 2.19. The molecule has 0 spiro atoms. The van der Waals surface area contributed by atoms with E-state index >= 15 is 0 Å². The molecule has 0 saturated heterocycles. The maximum Gasteiger partial charge on any atom is 0.240 e. The van der Waals surface area contributed by atoms with E-state index in [4.69, 9.17) is 10.5 Å². The number of sulfonamides is 1. The molecule has 108 valence electrons. The molecule has 1 atom stereocenters. The highest BCUT2D eigenvalue weighted by molar-refractivity contribution is 7.89. The van der Waals surface area contributed by atoms with Gasteiger partial charge in [-0.25, -0.2) is 17.5 Å². The lowest BCUT2D eigenvalue weighted by Gasteiger charge is -2.12. The molecule has 3 N–H and O–H groups in total. The Morgan fingerprint density at radius 1 is 1.47 bits per heavy atom. The van der Waals surface area contributed by atoms with E-state index in [2.05, 4.69) is 4.72 Å². The molecular formula is C12H19FN2O3S. The van der Waals surface area contributed by atoms with Crippen molar-refractivity contribution in [1.82, 2.24) is 4.72 Å². The summed E-state index contributed by atoms with van der Waals surface area (Å²) in [4.78, 5) is -0.202. The minimum absolute atomic E-state index is 0.0496. The fraction of sp³-hybridized carbons (Fsp3) is 0.500. The molecule has 7 heteroatoms. The number of methoxy groups -OCH3 is 1. The van der Waals surface area contributed by atoms with E-state index in [1.807, 2.05) is 13.8 Å². The second kappa shape index (κ2) is 6.21. The van der Waals surface area contributed by atoms with Crippen LogP contribution in [0, 0.1) is 11.7 Å². The van der Waals surface area contributed by atoms with Gasteiger partial charge in [-0.05, 0) is 18.1 Å². The van der Waals surface area contributed by atoms with Gasteiger partial charge in [0.15, 0.2) is 11.6 Å². The molecular weight excluding hydrogens is 271 g/mol. The maximum absolute atomic E-state index is 13.6. The normalized spacial score (nSPS) is 13.3. The highest BCUT2D eigenvalue weighted by atomic mass is 32.2. The number of benzene rings is 1. The van der Waals surface area contributed by atoms with E-state index in [1.54, 1.807) is 0 Å². The van der Waals surface area contributed by atoms with E-state index in [0.29, 0.717) is 6.54 Å². The van der Waals surface area contributed by atoms with Crippen LogP contribution in [0.4, 0.5) is 10.1 Å². The smallest absolute Gasteiger partial charge is 0.240 e. The summed E-state index contributed by atoms with van der Waals surface area (Å²) >= 11 is 0. The second-order valence-electron chi connectivity index (χ2n) is 4.39. The van der Waals surface area contributed by atoms with Gasteiger partial charge in [-0.1, -0.05) is 20.3 Å². The summed E-state index contributed by atoms with van der Waals surface area (Å²) in [6, 6.07) is 2.08. The van der Waals surface area contributed by atoms with Crippen LogP contribution in [0.5, 0.6) is 5.75 Å². The summed E-state index contributed by atoms with van der Waals surface area (Å²) in [7, 11) is -2.49. The zero-order valence-corrected chi connectivity index (χ0v) is 12.1.